The van der Waals surface area contributed by atoms with Crippen LogP contribution in [0, 0.1) is 5.92 Å². The second kappa shape index (κ2) is 10.2. The van der Waals surface area contributed by atoms with E-state index in [0.29, 0.717) is 17.7 Å². The van der Waals surface area contributed by atoms with Gasteiger partial charge in [0.05, 0.1) is 12.3 Å². The van der Waals surface area contributed by atoms with Crippen LogP contribution in [0.25, 0.3) is 0 Å². The number of sulfonamides is 1. The van der Waals surface area contributed by atoms with E-state index in [-0.39, 0.29) is 17.7 Å². The Hall–Kier alpha value is -2.87. The fraction of sp³-hybridized carbons (Fsp3) is 0.364. The van der Waals surface area contributed by atoms with Crippen LogP contribution < -0.4 is 15.4 Å². The molecule has 0 heterocycles. The van der Waals surface area contributed by atoms with Crippen molar-refractivity contribution < 1.29 is 18.0 Å². The maximum atomic E-state index is 13.0. The van der Waals surface area contributed by atoms with Gasteiger partial charge in [-0.25, -0.2) is 8.42 Å². The van der Waals surface area contributed by atoms with Gasteiger partial charge >= 0.3 is 0 Å². The zero-order valence-corrected chi connectivity index (χ0v) is 18.5. The van der Waals surface area contributed by atoms with Crippen LogP contribution in [0.2, 0.25) is 0 Å². The largest absolute Gasteiger partial charge is 0.347 e. The van der Waals surface area contributed by atoms with Gasteiger partial charge in [-0.05, 0) is 36.1 Å². The molecule has 0 aliphatic carbocycles. The smallest absolute Gasteiger partial charge is 0.247 e. The minimum absolute atomic E-state index is 0.175. The Morgan fingerprint density at radius 1 is 0.900 bits per heavy atom. The van der Waals surface area contributed by atoms with E-state index in [0.717, 1.165) is 11.8 Å². The van der Waals surface area contributed by atoms with Crippen LogP contribution in [0.15, 0.2) is 54.6 Å². The van der Waals surface area contributed by atoms with Crippen molar-refractivity contribution in [2.75, 3.05) is 11.0 Å². The third-order valence-corrected chi connectivity index (χ3v) is 4.95. The fourth-order valence-electron chi connectivity index (χ4n) is 3.00. The quantitative estimate of drug-likeness (QED) is 0.567. The minimum Gasteiger partial charge on any atom is -0.347 e. The summed E-state index contributed by atoms with van der Waals surface area (Å²) in [6.45, 7) is 5.68. The van der Waals surface area contributed by atoms with Gasteiger partial charge in [0.25, 0.3) is 0 Å². The van der Waals surface area contributed by atoms with Gasteiger partial charge in [-0.3, -0.25) is 14.3 Å². The Labute approximate surface area is 178 Å². The van der Waals surface area contributed by atoms with Crippen molar-refractivity contribution in [2.24, 2.45) is 5.92 Å². The number of hydrogen-bond acceptors (Lipinski definition) is 4. The summed E-state index contributed by atoms with van der Waals surface area (Å²) in [6.07, 6.45) is 1.40. The topological polar surface area (TPSA) is 104 Å². The normalized spacial score (nSPS) is 13.4. The third-order valence-electron chi connectivity index (χ3n) is 4.34. The highest BCUT2D eigenvalue weighted by Crippen LogP contribution is 2.20. The molecule has 7 nitrogen and oxygen atoms in total. The molecule has 0 radical (unpaired) electrons. The molecule has 0 saturated heterocycles. The zero-order valence-electron chi connectivity index (χ0n) is 17.7. The van der Waals surface area contributed by atoms with Crippen LogP contribution in [0.3, 0.4) is 0 Å². The van der Waals surface area contributed by atoms with Crippen molar-refractivity contribution in [3.8, 4) is 0 Å². The Kier molecular flexibility index (Phi) is 8.00. The standard InChI is InChI=1S/C22H29N3O4S/c1-15(2)13-20(26)24-21(17-9-6-5-7-10-17)22(27)23-16(3)18-11-8-12-19(14-18)25-30(4,28)29/h5-12,14-16,21,25H,13H2,1-4H3,(H,23,27)(H,24,26). The van der Waals surface area contributed by atoms with Crippen molar-refractivity contribution in [3.05, 3.63) is 65.7 Å². The maximum absolute atomic E-state index is 13.0. The summed E-state index contributed by atoms with van der Waals surface area (Å²) in [5, 5.41) is 5.73. The molecule has 2 amide bonds. The van der Waals surface area contributed by atoms with E-state index in [1.165, 1.54) is 0 Å². The van der Waals surface area contributed by atoms with Gasteiger partial charge in [0.15, 0.2) is 0 Å². The van der Waals surface area contributed by atoms with E-state index >= 15 is 0 Å². The highest BCUT2D eigenvalue weighted by Gasteiger charge is 2.24. The molecule has 0 aliphatic heterocycles. The Balaban J connectivity index is 2.18. The van der Waals surface area contributed by atoms with Gasteiger partial charge in [-0.15, -0.1) is 0 Å². The molecular formula is C22H29N3O4S. The monoisotopic (exact) mass is 431 g/mol. The molecule has 0 spiro atoms. The van der Waals surface area contributed by atoms with E-state index in [4.69, 9.17) is 0 Å². The lowest BCUT2D eigenvalue weighted by molar-refractivity contribution is -0.130. The van der Waals surface area contributed by atoms with E-state index in [1.807, 2.05) is 32.0 Å². The SMILES string of the molecule is CC(C)CC(=O)NC(C(=O)NC(C)c1cccc(NS(C)(=O)=O)c1)c1ccccc1. The predicted molar refractivity (Wildman–Crippen MR) is 118 cm³/mol. The molecule has 162 valence electrons. The minimum atomic E-state index is -3.40. The van der Waals surface area contributed by atoms with Crippen molar-refractivity contribution in [1.29, 1.82) is 0 Å². The first-order chi connectivity index (χ1) is 14.0. The highest BCUT2D eigenvalue weighted by molar-refractivity contribution is 7.92. The molecule has 2 aromatic rings. The lowest BCUT2D eigenvalue weighted by Crippen LogP contribution is -2.41. The molecule has 0 bridgehead atoms. The van der Waals surface area contributed by atoms with Gasteiger partial charge in [0.1, 0.15) is 6.04 Å². The van der Waals surface area contributed by atoms with Crippen LogP contribution in [0.5, 0.6) is 0 Å². The van der Waals surface area contributed by atoms with E-state index in [1.54, 1.807) is 43.3 Å². The molecule has 0 aliphatic rings. The van der Waals surface area contributed by atoms with Crippen LogP contribution in [0.4, 0.5) is 5.69 Å². The molecule has 2 atom stereocenters. The molecule has 2 aromatic carbocycles. The Bertz CT molecular complexity index is 975. The van der Waals surface area contributed by atoms with Gasteiger partial charge in [0, 0.05) is 12.1 Å². The summed E-state index contributed by atoms with van der Waals surface area (Å²) in [7, 11) is -3.40. The van der Waals surface area contributed by atoms with Crippen LogP contribution in [0.1, 0.15) is 50.4 Å². The van der Waals surface area contributed by atoms with Crippen molar-refractivity contribution >= 4 is 27.5 Å². The number of amides is 2. The average Bonchev–Trinajstić information content (AvgIpc) is 2.65. The molecule has 0 fully saturated rings. The molecular weight excluding hydrogens is 402 g/mol. The summed E-state index contributed by atoms with van der Waals surface area (Å²) >= 11 is 0. The van der Waals surface area contributed by atoms with Crippen LogP contribution in [-0.2, 0) is 19.6 Å². The lowest BCUT2D eigenvalue weighted by Gasteiger charge is -2.23. The number of hydrogen-bond donors (Lipinski definition) is 3. The number of benzene rings is 2. The molecule has 8 heteroatoms. The van der Waals surface area contributed by atoms with E-state index in [9.17, 15) is 18.0 Å². The zero-order chi connectivity index (χ0) is 22.3. The van der Waals surface area contributed by atoms with Gasteiger partial charge in [-0.2, -0.15) is 0 Å². The summed E-state index contributed by atoms with van der Waals surface area (Å²) in [6, 6.07) is 14.7. The molecule has 30 heavy (non-hydrogen) atoms. The molecule has 2 rings (SSSR count). The van der Waals surface area contributed by atoms with Gasteiger partial charge in [0.2, 0.25) is 21.8 Å². The molecule has 3 N–H and O–H groups in total. The summed E-state index contributed by atoms with van der Waals surface area (Å²) in [4.78, 5) is 25.3. The van der Waals surface area contributed by atoms with E-state index in [2.05, 4.69) is 15.4 Å². The Morgan fingerprint density at radius 3 is 2.13 bits per heavy atom. The first kappa shape index (κ1) is 23.4. The first-order valence-corrected chi connectivity index (χ1v) is 11.7. The third kappa shape index (κ3) is 7.51. The molecule has 0 saturated carbocycles. The number of anilines is 1. The number of nitrogens with one attached hydrogen (secondary N) is 3. The fourth-order valence-corrected chi connectivity index (χ4v) is 3.56. The number of carbonyl (C=O) groups excluding carboxylic acids is 2. The molecule has 0 aromatic heterocycles. The summed E-state index contributed by atoms with van der Waals surface area (Å²) in [5.74, 6) is -0.359. The first-order valence-electron chi connectivity index (χ1n) is 9.77. The second-order valence-electron chi connectivity index (χ2n) is 7.74. The molecule has 2 unspecified atom stereocenters. The average molecular weight is 432 g/mol. The number of carbonyl (C=O) groups is 2. The van der Waals surface area contributed by atoms with Crippen molar-refractivity contribution in [2.45, 2.75) is 39.3 Å². The lowest BCUT2D eigenvalue weighted by atomic mass is 10.0. The Morgan fingerprint density at radius 2 is 1.53 bits per heavy atom. The van der Waals surface area contributed by atoms with Crippen LogP contribution in [-0.4, -0.2) is 26.5 Å². The summed E-state index contributed by atoms with van der Waals surface area (Å²) < 4.78 is 25.4. The van der Waals surface area contributed by atoms with Crippen molar-refractivity contribution in [3.63, 3.8) is 0 Å². The summed E-state index contributed by atoms with van der Waals surface area (Å²) in [5.41, 5.74) is 1.84. The van der Waals surface area contributed by atoms with E-state index < -0.39 is 22.1 Å². The maximum Gasteiger partial charge on any atom is 0.247 e. The predicted octanol–water partition coefficient (Wildman–Crippen LogP) is 3.14. The second-order valence-corrected chi connectivity index (χ2v) is 9.49. The van der Waals surface area contributed by atoms with Crippen LogP contribution >= 0.6 is 0 Å². The van der Waals surface area contributed by atoms with Gasteiger partial charge in [-0.1, -0.05) is 56.3 Å². The number of rotatable bonds is 9. The highest BCUT2D eigenvalue weighted by atomic mass is 32.2. The van der Waals surface area contributed by atoms with Crippen molar-refractivity contribution in [1.82, 2.24) is 10.6 Å². The van der Waals surface area contributed by atoms with Gasteiger partial charge < -0.3 is 10.6 Å².